The molecule has 3 aromatic rings. The van der Waals surface area contributed by atoms with E-state index < -0.39 is 0 Å². The van der Waals surface area contributed by atoms with Crippen LogP contribution in [0.15, 0.2) is 48.5 Å². The zero-order valence-electron chi connectivity index (χ0n) is 12.8. The van der Waals surface area contributed by atoms with Crippen molar-refractivity contribution in [1.29, 1.82) is 0 Å². The summed E-state index contributed by atoms with van der Waals surface area (Å²) in [7, 11) is 0. The van der Waals surface area contributed by atoms with Crippen molar-refractivity contribution in [2.24, 2.45) is 0 Å². The Bertz CT molecular complexity index is 640. The fourth-order valence-corrected chi connectivity index (χ4v) is 3.44. The van der Waals surface area contributed by atoms with Crippen LogP contribution in [0.3, 0.4) is 0 Å². The second-order valence-corrected chi connectivity index (χ2v) is 6.23. The van der Waals surface area contributed by atoms with Crippen molar-refractivity contribution in [2.75, 3.05) is 0 Å². The standard InChI is InChI=1S/C20H22/c1-13(2)19-15-9-5-7-11-17(15)20(14(3)4)18-12-8-6-10-16(18)19/h5-14H,1-4H3. The highest BCUT2D eigenvalue weighted by atomic mass is 14.2. The van der Waals surface area contributed by atoms with E-state index in [0.29, 0.717) is 11.8 Å². The Morgan fingerprint density at radius 1 is 0.500 bits per heavy atom. The van der Waals surface area contributed by atoms with Crippen LogP contribution >= 0.6 is 0 Å². The third kappa shape index (κ3) is 1.91. The van der Waals surface area contributed by atoms with Crippen LogP contribution in [0.4, 0.5) is 0 Å². The quantitative estimate of drug-likeness (QED) is 0.479. The number of hydrogen-bond donors (Lipinski definition) is 0. The SMILES string of the molecule is CC(C)c1c2ccccc2c(C(C)C)c2ccccc12. The number of fused-ring (bicyclic) bond motifs is 2. The molecule has 0 heterocycles. The molecule has 0 bridgehead atoms. The third-order valence-electron chi connectivity index (χ3n) is 4.17. The lowest BCUT2D eigenvalue weighted by atomic mass is 9.84. The van der Waals surface area contributed by atoms with Crippen LogP contribution in [0.5, 0.6) is 0 Å². The lowest BCUT2D eigenvalue weighted by Gasteiger charge is -2.20. The molecule has 102 valence electrons. The molecule has 0 saturated carbocycles. The first-order valence-electron chi connectivity index (χ1n) is 7.54. The van der Waals surface area contributed by atoms with Crippen LogP contribution in [-0.4, -0.2) is 0 Å². The van der Waals surface area contributed by atoms with Gasteiger partial charge in [0.2, 0.25) is 0 Å². The molecular weight excluding hydrogens is 240 g/mol. The van der Waals surface area contributed by atoms with Gasteiger partial charge in [0.1, 0.15) is 0 Å². The number of rotatable bonds is 2. The minimum atomic E-state index is 0.533. The van der Waals surface area contributed by atoms with Gasteiger partial charge in [-0.25, -0.2) is 0 Å². The van der Waals surface area contributed by atoms with E-state index in [1.807, 2.05) is 0 Å². The van der Waals surface area contributed by atoms with Crippen LogP contribution in [0, 0.1) is 0 Å². The molecule has 0 aliphatic heterocycles. The van der Waals surface area contributed by atoms with Crippen molar-refractivity contribution in [3.63, 3.8) is 0 Å². The molecule has 0 unspecified atom stereocenters. The van der Waals surface area contributed by atoms with Crippen molar-refractivity contribution >= 4 is 21.5 Å². The van der Waals surface area contributed by atoms with Crippen molar-refractivity contribution in [3.8, 4) is 0 Å². The molecular formula is C20H22. The summed E-state index contributed by atoms with van der Waals surface area (Å²) in [6, 6.07) is 17.8. The second kappa shape index (κ2) is 4.94. The molecule has 0 radical (unpaired) electrons. The van der Waals surface area contributed by atoms with Crippen molar-refractivity contribution in [1.82, 2.24) is 0 Å². The largest absolute Gasteiger partial charge is 0.0616 e. The molecule has 0 nitrogen and oxygen atoms in total. The smallest absolute Gasteiger partial charge is 0.0140 e. The highest BCUT2D eigenvalue weighted by Crippen LogP contribution is 2.39. The highest BCUT2D eigenvalue weighted by Gasteiger charge is 2.16. The molecule has 0 heteroatoms. The maximum Gasteiger partial charge on any atom is -0.0140 e. The van der Waals surface area contributed by atoms with Crippen LogP contribution < -0.4 is 0 Å². The first-order valence-corrected chi connectivity index (χ1v) is 7.54. The third-order valence-corrected chi connectivity index (χ3v) is 4.17. The van der Waals surface area contributed by atoms with Gasteiger partial charge in [-0.3, -0.25) is 0 Å². The lowest BCUT2D eigenvalue weighted by Crippen LogP contribution is -1.98. The van der Waals surface area contributed by atoms with E-state index in [-0.39, 0.29) is 0 Å². The summed E-state index contributed by atoms with van der Waals surface area (Å²) in [5, 5.41) is 5.68. The Balaban J connectivity index is 2.62. The van der Waals surface area contributed by atoms with Gasteiger partial charge in [0.15, 0.2) is 0 Å². The molecule has 0 fully saturated rings. The van der Waals surface area contributed by atoms with Gasteiger partial charge in [-0.1, -0.05) is 76.2 Å². The summed E-state index contributed by atoms with van der Waals surface area (Å²) in [5.74, 6) is 1.07. The Kier molecular flexibility index (Phi) is 3.25. The van der Waals surface area contributed by atoms with Gasteiger partial charge in [-0.05, 0) is 44.5 Å². The van der Waals surface area contributed by atoms with E-state index in [1.54, 1.807) is 0 Å². The van der Waals surface area contributed by atoms with Gasteiger partial charge in [0.25, 0.3) is 0 Å². The van der Waals surface area contributed by atoms with Gasteiger partial charge in [0.05, 0.1) is 0 Å². The fourth-order valence-electron chi connectivity index (χ4n) is 3.44. The maximum absolute atomic E-state index is 2.29. The fraction of sp³-hybridized carbons (Fsp3) is 0.300. The summed E-state index contributed by atoms with van der Waals surface area (Å²) >= 11 is 0. The summed E-state index contributed by atoms with van der Waals surface area (Å²) in [6.07, 6.45) is 0. The molecule has 3 aromatic carbocycles. The van der Waals surface area contributed by atoms with Crippen LogP contribution in [0.25, 0.3) is 21.5 Å². The molecule has 0 amide bonds. The zero-order chi connectivity index (χ0) is 14.3. The van der Waals surface area contributed by atoms with E-state index in [4.69, 9.17) is 0 Å². The van der Waals surface area contributed by atoms with Crippen LogP contribution in [-0.2, 0) is 0 Å². The average molecular weight is 262 g/mol. The van der Waals surface area contributed by atoms with Gasteiger partial charge < -0.3 is 0 Å². The van der Waals surface area contributed by atoms with Gasteiger partial charge in [-0.15, -0.1) is 0 Å². The van der Waals surface area contributed by atoms with E-state index in [1.165, 1.54) is 32.7 Å². The molecule has 0 aliphatic rings. The Labute approximate surface area is 121 Å². The Hall–Kier alpha value is -1.82. The topological polar surface area (TPSA) is 0 Å². The summed E-state index contributed by atoms with van der Waals surface area (Å²) in [6.45, 7) is 9.18. The minimum Gasteiger partial charge on any atom is -0.0616 e. The molecule has 0 aliphatic carbocycles. The monoisotopic (exact) mass is 262 g/mol. The summed E-state index contributed by atoms with van der Waals surface area (Å²) in [4.78, 5) is 0. The predicted octanol–water partition coefficient (Wildman–Crippen LogP) is 6.24. The molecule has 0 saturated heterocycles. The van der Waals surface area contributed by atoms with E-state index in [2.05, 4.69) is 76.2 Å². The number of hydrogen-bond acceptors (Lipinski definition) is 0. The van der Waals surface area contributed by atoms with Crippen LogP contribution in [0.2, 0.25) is 0 Å². The van der Waals surface area contributed by atoms with E-state index in [9.17, 15) is 0 Å². The van der Waals surface area contributed by atoms with Gasteiger partial charge in [-0.2, -0.15) is 0 Å². The predicted molar refractivity (Wildman–Crippen MR) is 89.6 cm³/mol. The van der Waals surface area contributed by atoms with E-state index >= 15 is 0 Å². The van der Waals surface area contributed by atoms with Crippen molar-refractivity contribution in [3.05, 3.63) is 59.7 Å². The molecule has 0 N–H and O–H groups in total. The summed E-state index contributed by atoms with van der Waals surface area (Å²) < 4.78 is 0. The molecule has 0 aromatic heterocycles. The zero-order valence-corrected chi connectivity index (χ0v) is 12.8. The lowest BCUT2D eigenvalue weighted by molar-refractivity contribution is 0.873. The highest BCUT2D eigenvalue weighted by molar-refractivity contribution is 6.06. The minimum absolute atomic E-state index is 0.533. The van der Waals surface area contributed by atoms with Crippen molar-refractivity contribution in [2.45, 2.75) is 39.5 Å². The second-order valence-electron chi connectivity index (χ2n) is 6.23. The maximum atomic E-state index is 2.29. The van der Waals surface area contributed by atoms with Crippen LogP contribution in [0.1, 0.15) is 50.7 Å². The Morgan fingerprint density at radius 3 is 0.950 bits per heavy atom. The molecule has 0 spiro atoms. The molecule has 3 rings (SSSR count). The number of benzene rings is 3. The Morgan fingerprint density at radius 2 is 0.750 bits per heavy atom. The first-order chi connectivity index (χ1) is 9.61. The van der Waals surface area contributed by atoms with Gasteiger partial charge in [0, 0.05) is 0 Å². The van der Waals surface area contributed by atoms with Crippen molar-refractivity contribution < 1.29 is 0 Å². The van der Waals surface area contributed by atoms with E-state index in [0.717, 1.165) is 0 Å². The average Bonchev–Trinajstić information content (AvgIpc) is 2.43. The van der Waals surface area contributed by atoms with Gasteiger partial charge >= 0.3 is 0 Å². The molecule has 20 heavy (non-hydrogen) atoms. The first kappa shape index (κ1) is 13.2. The summed E-state index contributed by atoms with van der Waals surface area (Å²) in [5.41, 5.74) is 2.97. The normalized spacial score (nSPS) is 11.9. The molecule has 0 atom stereocenters.